The molecule has 2 aromatic carbocycles. The number of nitrogens with zero attached hydrogens (tertiary/aromatic N) is 1. The summed E-state index contributed by atoms with van der Waals surface area (Å²) in [4.78, 5) is 12.8. The summed E-state index contributed by atoms with van der Waals surface area (Å²) in [6.45, 7) is 0.959. The number of methoxy groups -OCH3 is 2. The second-order valence-corrected chi connectivity index (χ2v) is 8.62. The molecule has 150 valence electrons. The lowest BCUT2D eigenvalue weighted by molar-refractivity contribution is 0.102. The molecule has 9 heteroatoms. The third-order valence-corrected chi connectivity index (χ3v) is 6.76. The molecule has 3 rings (SSSR count). The molecule has 0 bridgehead atoms. The van der Waals surface area contributed by atoms with Crippen molar-refractivity contribution in [2.75, 3.05) is 32.6 Å². The highest BCUT2D eigenvalue weighted by atomic mass is 35.5. The normalized spacial score (nSPS) is 14.7. The minimum absolute atomic E-state index is 0.0431. The van der Waals surface area contributed by atoms with Crippen LogP contribution in [-0.4, -0.2) is 45.9 Å². The number of rotatable bonds is 6. The van der Waals surface area contributed by atoms with Gasteiger partial charge in [0.1, 0.15) is 11.5 Å². The standard InChI is InChI=1S/C19H21ClN2O5S/c1-26-13-5-8-18(27-2)17(11-13)21-19(23)15-12-14(6-7-16(15)20)28(24,25)22-9-3-4-10-22/h5-8,11-12H,3-4,9-10H2,1-2H3,(H,21,23). The second kappa shape index (κ2) is 8.38. The largest absolute Gasteiger partial charge is 0.497 e. The molecule has 7 nitrogen and oxygen atoms in total. The molecule has 0 atom stereocenters. The molecule has 0 saturated carbocycles. The number of sulfonamides is 1. The Hall–Kier alpha value is -2.29. The van der Waals surface area contributed by atoms with Crippen molar-refractivity contribution < 1.29 is 22.7 Å². The van der Waals surface area contributed by atoms with Crippen LogP contribution in [0.15, 0.2) is 41.3 Å². The number of anilines is 1. The zero-order chi connectivity index (χ0) is 20.3. The average Bonchev–Trinajstić information content (AvgIpc) is 3.23. The number of hydrogen-bond acceptors (Lipinski definition) is 5. The van der Waals surface area contributed by atoms with E-state index in [0.717, 1.165) is 12.8 Å². The maximum atomic E-state index is 12.8. The molecule has 0 aliphatic carbocycles. The van der Waals surface area contributed by atoms with E-state index in [0.29, 0.717) is 30.3 Å². The van der Waals surface area contributed by atoms with Crippen molar-refractivity contribution in [2.45, 2.75) is 17.7 Å². The summed E-state index contributed by atoms with van der Waals surface area (Å²) < 4.78 is 37.4. The van der Waals surface area contributed by atoms with Crippen molar-refractivity contribution in [3.63, 3.8) is 0 Å². The Morgan fingerprint density at radius 1 is 1.07 bits per heavy atom. The van der Waals surface area contributed by atoms with Crippen molar-refractivity contribution >= 4 is 33.2 Å². The summed E-state index contributed by atoms with van der Waals surface area (Å²) in [5.74, 6) is 0.425. The van der Waals surface area contributed by atoms with E-state index < -0.39 is 15.9 Å². The van der Waals surface area contributed by atoms with Gasteiger partial charge >= 0.3 is 0 Å². The van der Waals surface area contributed by atoms with Crippen molar-refractivity contribution in [3.8, 4) is 11.5 Å². The zero-order valence-corrected chi connectivity index (χ0v) is 17.1. The zero-order valence-electron chi connectivity index (χ0n) is 15.6. The highest BCUT2D eigenvalue weighted by Crippen LogP contribution is 2.31. The van der Waals surface area contributed by atoms with Gasteiger partial charge in [-0.15, -0.1) is 0 Å². The number of benzene rings is 2. The molecule has 1 fully saturated rings. The topological polar surface area (TPSA) is 84.9 Å². The molecule has 1 heterocycles. The first-order valence-electron chi connectivity index (χ1n) is 8.70. The fourth-order valence-electron chi connectivity index (χ4n) is 3.02. The van der Waals surface area contributed by atoms with E-state index in [-0.39, 0.29) is 15.5 Å². The maximum absolute atomic E-state index is 12.8. The second-order valence-electron chi connectivity index (χ2n) is 6.27. The average molecular weight is 425 g/mol. The molecule has 28 heavy (non-hydrogen) atoms. The van der Waals surface area contributed by atoms with Gasteiger partial charge in [0, 0.05) is 19.2 Å². The Bertz CT molecular complexity index is 988. The number of hydrogen-bond donors (Lipinski definition) is 1. The molecule has 0 spiro atoms. The quantitative estimate of drug-likeness (QED) is 0.768. The van der Waals surface area contributed by atoms with Gasteiger partial charge in [-0.1, -0.05) is 11.6 Å². The number of halogens is 1. The van der Waals surface area contributed by atoms with Crippen LogP contribution in [0.25, 0.3) is 0 Å². The first-order chi connectivity index (χ1) is 13.4. The molecule has 1 N–H and O–H groups in total. The van der Waals surface area contributed by atoms with E-state index in [2.05, 4.69) is 5.32 Å². The van der Waals surface area contributed by atoms with E-state index >= 15 is 0 Å². The fraction of sp³-hybridized carbons (Fsp3) is 0.316. The number of carbonyl (C=O) groups is 1. The van der Waals surface area contributed by atoms with Crippen LogP contribution in [0.3, 0.4) is 0 Å². The van der Waals surface area contributed by atoms with Crippen LogP contribution in [0.2, 0.25) is 5.02 Å². The maximum Gasteiger partial charge on any atom is 0.257 e. The van der Waals surface area contributed by atoms with Crippen molar-refractivity contribution in [3.05, 3.63) is 47.0 Å². The third-order valence-electron chi connectivity index (χ3n) is 4.54. The summed E-state index contributed by atoms with van der Waals surface area (Å²) in [7, 11) is -0.667. The van der Waals surface area contributed by atoms with E-state index in [1.807, 2.05) is 0 Å². The van der Waals surface area contributed by atoms with E-state index in [1.165, 1.54) is 36.7 Å². The number of ether oxygens (including phenoxy) is 2. The Morgan fingerprint density at radius 2 is 1.79 bits per heavy atom. The van der Waals surface area contributed by atoms with Crippen LogP contribution in [0.1, 0.15) is 23.2 Å². The number of amides is 1. The highest BCUT2D eigenvalue weighted by molar-refractivity contribution is 7.89. The fourth-order valence-corrected chi connectivity index (χ4v) is 4.77. The Kier molecular flexibility index (Phi) is 6.12. The van der Waals surface area contributed by atoms with Gasteiger partial charge < -0.3 is 14.8 Å². The Morgan fingerprint density at radius 3 is 2.43 bits per heavy atom. The Labute approximate surface area is 169 Å². The molecule has 1 amide bonds. The van der Waals surface area contributed by atoms with Crippen molar-refractivity contribution in [2.24, 2.45) is 0 Å². The summed E-state index contributed by atoms with van der Waals surface area (Å²) in [6, 6.07) is 9.10. The van der Waals surface area contributed by atoms with Gasteiger partial charge in [0.2, 0.25) is 10.0 Å². The van der Waals surface area contributed by atoms with Gasteiger partial charge in [0.15, 0.2) is 0 Å². The molecule has 0 unspecified atom stereocenters. The van der Waals surface area contributed by atoms with Gasteiger partial charge in [-0.3, -0.25) is 4.79 Å². The minimum Gasteiger partial charge on any atom is -0.497 e. The highest BCUT2D eigenvalue weighted by Gasteiger charge is 2.28. The van der Waals surface area contributed by atoms with Gasteiger partial charge in [0.25, 0.3) is 5.91 Å². The number of nitrogens with one attached hydrogen (secondary N) is 1. The summed E-state index contributed by atoms with van der Waals surface area (Å²) in [6.07, 6.45) is 1.66. The molecule has 1 aliphatic rings. The molecular weight excluding hydrogens is 404 g/mol. The molecule has 0 aromatic heterocycles. The van der Waals surface area contributed by atoms with Gasteiger partial charge in [-0.25, -0.2) is 8.42 Å². The minimum atomic E-state index is -3.66. The lowest BCUT2D eigenvalue weighted by Gasteiger charge is -2.17. The summed E-state index contributed by atoms with van der Waals surface area (Å²) >= 11 is 6.17. The van der Waals surface area contributed by atoms with E-state index in [1.54, 1.807) is 18.2 Å². The van der Waals surface area contributed by atoms with Gasteiger partial charge in [-0.2, -0.15) is 4.31 Å². The van der Waals surface area contributed by atoms with Crippen LogP contribution in [0, 0.1) is 0 Å². The third kappa shape index (κ3) is 4.09. The smallest absolute Gasteiger partial charge is 0.257 e. The van der Waals surface area contributed by atoms with Crippen LogP contribution in [0.5, 0.6) is 11.5 Å². The van der Waals surface area contributed by atoms with Crippen molar-refractivity contribution in [1.82, 2.24) is 4.31 Å². The first kappa shape index (κ1) is 20.4. The summed E-state index contributed by atoms with van der Waals surface area (Å²) in [5.41, 5.74) is 0.447. The van der Waals surface area contributed by atoms with Crippen LogP contribution in [-0.2, 0) is 10.0 Å². The van der Waals surface area contributed by atoms with Crippen LogP contribution < -0.4 is 14.8 Å². The van der Waals surface area contributed by atoms with Crippen molar-refractivity contribution in [1.29, 1.82) is 0 Å². The van der Waals surface area contributed by atoms with Gasteiger partial charge in [0.05, 0.1) is 35.4 Å². The summed E-state index contributed by atoms with van der Waals surface area (Å²) in [5, 5.41) is 2.86. The molecule has 0 radical (unpaired) electrons. The molecule has 1 saturated heterocycles. The molecular formula is C19H21ClN2O5S. The molecule has 1 aliphatic heterocycles. The molecule has 2 aromatic rings. The van der Waals surface area contributed by atoms with Crippen LogP contribution in [0.4, 0.5) is 5.69 Å². The first-order valence-corrected chi connectivity index (χ1v) is 10.5. The number of carbonyl (C=O) groups excluding carboxylic acids is 1. The monoisotopic (exact) mass is 424 g/mol. The van der Waals surface area contributed by atoms with E-state index in [9.17, 15) is 13.2 Å². The lowest BCUT2D eigenvalue weighted by atomic mass is 10.2. The predicted octanol–water partition coefficient (Wildman–Crippen LogP) is 3.39. The van der Waals surface area contributed by atoms with E-state index in [4.69, 9.17) is 21.1 Å². The predicted molar refractivity (Wildman–Crippen MR) is 107 cm³/mol. The SMILES string of the molecule is COc1ccc(OC)c(NC(=O)c2cc(S(=O)(=O)N3CCCC3)ccc2Cl)c1. The lowest BCUT2D eigenvalue weighted by Crippen LogP contribution is -2.28. The van der Waals surface area contributed by atoms with Gasteiger partial charge in [-0.05, 0) is 43.2 Å². The van der Waals surface area contributed by atoms with Crippen LogP contribution >= 0.6 is 11.6 Å². The Balaban J connectivity index is 1.92.